The van der Waals surface area contributed by atoms with Gasteiger partial charge in [-0.3, -0.25) is 14.6 Å². The summed E-state index contributed by atoms with van der Waals surface area (Å²) in [6.07, 6.45) is 6.51. The summed E-state index contributed by atoms with van der Waals surface area (Å²) in [6, 6.07) is 14.6. The second-order valence-electron chi connectivity index (χ2n) is 9.80. The summed E-state index contributed by atoms with van der Waals surface area (Å²) in [5.74, 6) is 0.159. The van der Waals surface area contributed by atoms with Crippen LogP contribution in [0, 0.1) is 12.3 Å². The third-order valence-corrected chi connectivity index (χ3v) is 8.05. The molecule has 0 unspecified atom stereocenters. The number of hydrogen-bond acceptors (Lipinski definition) is 3. The minimum atomic E-state index is -0.0554. The first-order valence-electron chi connectivity index (χ1n) is 11.5. The number of fused-ring (bicyclic) bond motifs is 1. The van der Waals surface area contributed by atoms with Crippen LogP contribution in [0.2, 0.25) is 0 Å². The van der Waals surface area contributed by atoms with Crippen molar-refractivity contribution in [3.8, 4) is 0 Å². The molecule has 0 radical (unpaired) electrons. The van der Waals surface area contributed by atoms with Crippen molar-refractivity contribution < 1.29 is 9.59 Å². The Kier molecular flexibility index (Phi) is 4.87. The zero-order valence-corrected chi connectivity index (χ0v) is 18.6. The van der Waals surface area contributed by atoms with E-state index in [1.165, 1.54) is 5.56 Å². The van der Waals surface area contributed by atoms with E-state index in [0.29, 0.717) is 5.69 Å². The normalized spacial score (nSPS) is 31.6. The number of likely N-dealkylation sites (tertiary alicyclic amines) is 2. The summed E-state index contributed by atoms with van der Waals surface area (Å²) in [6.45, 7) is 5.96. The third-order valence-electron chi connectivity index (χ3n) is 8.05. The van der Waals surface area contributed by atoms with Crippen LogP contribution < -0.4 is 0 Å². The number of benzene rings is 1. The number of hydrogen-bond donors (Lipinski definition) is 0. The number of carbonyl (C=O) groups is 2. The van der Waals surface area contributed by atoms with E-state index < -0.39 is 0 Å². The predicted molar refractivity (Wildman–Crippen MR) is 120 cm³/mol. The summed E-state index contributed by atoms with van der Waals surface area (Å²) >= 11 is 0. The van der Waals surface area contributed by atoms with E-state index >= 15 is 0 Å². The van der Waals surface area contributed by atoms with Gasteiger partial charge in [-0.15, -0.1) is 0 Å². The largest absolute Gasteiger partial charge is 0.334 e. The molecular weight excluding hydrogens is 386 g/mol. The average Bonchev–Trinajstić information content (AvgIpc) is 3.07. The maximum atomic E-state index is 14.0. The molecule has 3 heterocycles. The Hall–Kier alpha value is -2.69. The minimum absolute atomic E-state index is 0.0195. The Labute approximate surface area is 184 Å². The summed E-state index contributed by atoms with van der Waals surface area (Å²) in [7, 11) is 0. The number of amides is 2. The lowest BCUT2D eigenvalue weighted by Gasteiger charge is -2.53. The van der Waals surface area contributed by atoms with Gasteiger partial charge in [-0.1, -0.05) is 43.3 Å². The molecule has 2 bridgehead atoms. The van der Waals surface area contributed by atoms with Gasteiger partial charge in [0.05, 0.1) is 12.1 Å². The molecule has 5 atom stereocenters. The van der Waals surface area contributed by atoms with Gasteiger partial charge in [0.25, 0.3) is 5.91 Å². The lowest BCUT2D eigenvalue weighted by Crippen LogP contribution is -2.62. The van der Waals surface area contributed by atoms with Crippen molar-refractivity contribution in [2.24, 2.45) is 5.41 Å². The van der Waals surface area contributed by atoms with Gasteiger partial charge in [-0.25, -0.2) is 0 Å². The van der Waals surface area contributed by atoms with E-state index in [1.807, 2.05) is 37.3 Å². The standard InChI is InChI=1S/C26H31N3O2/c1-17-9-8-14-27-24(17)25(31)29-20(15-19-10-5-4-6-11-19)21-16-26(3)22(28(21)18(2)30)12-7-13-23(26)29/h4-6,8-11,14,20-23H,7,12-13,15-16H2,1-3H3/t20-,21-,22-,23+,26-/m0/s1. The van der Waals surface area contributed by atoms with Crippen LogP contribution in [0.3, 0.4) is 0 Å². The molecule has 1 aliphatic carbocycles. The minimum Gasteiger partial charge on any atom is -0.334 e. The molecule has 5 rings (SSSR count). The quantitative estimate of drug-likeness (QED) is 0.758. The second-order valence-corrected chi connectivity index (χ2v) is 9.80. The van der Waals surface area contributed by atoms with Gasteiger partial charge in [0.1, 0.15) is 5.69 Å². The van der Waals surface area contributed by atoms with Crippen LogP contribution in [0.25, 0.3) is 0 Å². The molecule has 162 valence electrons. The molecule has 2 saturated heterocycles. The van der Waals surface area contributed by atoms with Crippen molar-refractivity contribution in [3.63, 3.8) is 0 Å². The number of aromatic nitrogens is 1. The maximum Gasteiger partial charge on any atom is 0.273 e. The van der Waals surface area contributed by atoms with E-state index in [4.69, 9.17) is 0 Å². The van der Waals surface area contributed by atoms with Crippen LogP contribution in [0.4, 0.5) is 0 Å². The first-order chi connectivity index (χ1) is 14.9. The fourth-order valence-electron chi connectivity index (χ4n) is 6.76. The van der Waals surface area contributed by atoms with Crippen molar-refractivity contribution in [3.05, 3.63) is 65.5 Å². The Bertz CT molecular complexity index is 1010. The number of piperidine rings is 1. The monoisotopic (exact) mass is 417 g/mol. The summed E-state index contributed by atoms with van der Waals surface area (Å²) < 4.78 is 0. The highest BCUT2D eigenvalue weighted by Crippen LogP contribution is 2.56. The van der Waals surface area contributed by atoms with Crippen molar-refractivity contribution in [2.75, 3.05) is 0 Å². The van der Waals surface area contributed by atoms with Gasteiger partial charge in [0.15, 0.2) is 0 Å². The lowest BCUT2D eigenvalue weighted by atomic mass is 9.64. The number of rotatable bonds is 3. The van der Waals surface area contributed by atoms with Crippen molar-refractivity contribution >= 4 is 11.8 Å². The number of aryl methyl sites for hydroxylation is 1. The second kappa shape index (κ2) is 7.47. The van der Waals surface area contributed by atoms with Crippen molar-refractivity contribution in [2.45, 2.75) is 77.0 Å². The molecular formula is C26H31N3O2. The molecule has 5 nitrogen and oxygen atoms in total. The van der Waals surface area contributed by atoms with E-state index in [2.05, 4.69) is 33.8 Å². The van der Waals surface area contributed by atoms with E-state index in [9.17, 15) is 9.59 Å². The molecule has 0 N–H and O–H groups in total. The van der Waals surface area contributed by atoms with Gasteiger partial charge in [0, 0.05) is 30.6 Å². The lowest BCUT2D eigenvalue weighted by molar-refractivity contribution is -0.133. The molecule has 1 aromatic heterocycles. The molecule has 31 heavy (non-hydrogen) atoms. The SMILES string of the molecule is CC(=O)N1[C@H]2CCC[C@H]3N(C(=O)c4ncccc4C)[C@@H](Cc4ccccc4)[C@@H]1C[C@@]23C. The van der Waals surface area contributed by atoms with Crippen LogP contribution in [0.5, 0.6) is 0 Å². The van der Waals surface area contributed by atoms with Crippen molar-refractivity contribution in [1.82, 2.24) is 14.8 Å². The smallest absolute Gasteiger partial charge is 0.273 e. The van der Waals surface area contributed by atoms with Crippen LogP contribution in [0.1, 0.15) is 61.1 Å². The van der Waals surface area contributed by atoms with E-state index in [-0.39, 0.29) is 41.4 Å². The zero-order valence-electron chi connectivity index (χ0n) is 18.6. The van der Waals surface area contributed by atoms with Crippen LogP contribution >= 0.6 is 0 Å². The predicted octanol–water partition coefficient (Wildman–Crippen LogP) is 4.01. The van der Waals surface area contributed by atoms with Gasteiger partial charge in [-0.2, -0.15) is 0 Å². The average molecular weight is 418 g/mol. The Balaban J connectivity index is 1.63. The first kappa shape index (κ1) is 20.2. The Morgan fingerprint density at radius 3 is 2.45 bits per heavy atom. The molecule has 3 fully saturated rings. The van der Waals surface area contributed by atoms with E-state index in [0.717, 1.165) is 37.7 Å². The first-order valence-corrected chi connectivity index (χ1v) is 11.5. The number of pyridine rings is 1. The molecule has 1 aromatic carbocycles. The Morgan fingerprint density at radius 2 is 1.77 bits per heavy atom. The summed E-state index contributed by atoms with van der Waals surface area (Å²) in [4.78, 5) is 35.6. The molecule has 3 aliphatic rings. The fourth-order valence-corrected chi connectivity index (χ4v) is 6.76. The molecule has 2 amide bonds. The van der Waals surface area contributed by atoms with Crippen LogP contribution in [-0.4, -0.2) is 50.8 Å². The van der Waals surface area contributed by atoms with Gasteiger partial charge in [-0.05, 0) is 56.2 Å². The molecule has 1 saturated carbocycles. The molecule has 2 aromatic rings. The molecule has 5 heteroatoms. The van der Waals surface area contributed by atoms with Crippen LogP contribution in [-0.2, 0) is 11.2 Å². The highest BCUT2D eigenvalue weighted by molar-refractivity contribution is 5.94. The van der Waals surface area contributed by atoms with Gasteiger partial charge < -0.3 is 9.80 Å². The Morgan fingerprint density at radius 1 is 1.06 bits per heavy atom. The number of carbonyl (C=O) groups excluding carboxylic acids is 2. The molecule has 0 spiro atoms. The van der Waals surface area contributed by atoms with E-state index in [1.54, 1.807) is 13.1 Å². The fraction of sp³-hybridized carbons (Fsp3) is 0.500. The van der Waals surface area contributed by atoms with Gasteiger partial charge >= 0.3 is 0 Å². The molecule has 2 aliphatic heterocycles. The topological polar surface area (TPSA) is 53.5 Å². The zero-order chi connectivity index (χ0) is 21.8. The van der Waals surface area contributed by atoms with Gasteiger partial charge in [0.2, 0.25) is 5.91 Å². The van der Waals surface area contributed by atoms with Crippen molar-refractivity contribution in [1.29, 1.82) is 0 Å². The maximum absolute atomic E-state index is 14.0. The summed E-state index contributed by atoms with van der Waals surface area (Å²) in [5, 5.41) is 0. The third kappa shape index (κ3) is 3.08. The highest BCUT2D eigenvalue weighted by atomic mass is 16.2. The van der Waals surface area contributed by atoms with Crippen LogP contribution in [0.15, 0.2) is 48.7 Å². The summed E-state index contributed by atoms with van der Waals surface area (Å²) in [5.41, 5.74) is 2.60. The number of nitrogens with zero attached hydrogens (tertiary/aromatic N) is 3. The highest BCUT2D eigenvalue weighted by Gasteiger charge is 2.64.